The van der Waals surface area contributed by atoms with Crippen LogP contribution in [0.15, 0.2) is 54.6 Å². The minimum atomic E-state index is -1.04. The maximum Gasteiger partial charge on any atom is 0.339 e. The normalized spacial score (nSPS) is 10.8. The van der Waals surface area contributed by atoms with E-state index in [1.807, 2.05) is 51.1 Å². The Morgan fingerprint density at radius 2 is 1.65 bits per heavy atom. The van der Waals surface area contributed by atoms with Crippen LogP contribution < -0.4 is 4.74 Å². The molecule has 5 nitrogen and oxygen atoms in total. The zero-order chi connectivity index (χ0) is 18.7. The van der Waals surface area contributed by atoms with Crippen LogP contribution in [-0.2, 0) is 0 Å². The Hall–Kier alpha value is -3.21. The van der Waals surface area contributed by atoms with Crippen LogP contribution in [0.1, 0.15) is 41.4 Å². The number of aryl methyl sites for hydroxylation is 1. The first kappa shape index (κ1) is 17.6. The van der Waals surface area contributed by atoms with E-state index in [9.17, 15) is 9.90 Å². The van der Waals surface area contributed by atoms with E-state index in [-0.39, 0.29) is 17.2 Å². The lowest BCUT2D eigenvalue weighted by atomic mass is 10.0. The number of para-hydroxylation sites is 1. The van der Waals surface area contributed by atoms with Crippen molar-refractivity contribution in [3.8, 4) is 23.0 Å². The van der Waals surface area contributed by atoms with Crippen LogP contribution in [0.5, 0.6) is 11.6 Å². The number of carboxylic acid groups (broad SMARTS) is 1. The van der Waals surface area contributed by atoms with Crippen LogP contribution in [-0.4, -0.2) is 21.0 Å². The predicted octanol–water partition coefficient (Wildman–Crippen LogP) is 5.07. The molecule has 0 saturated heterocycles. The van der Waals surface area contributed by atoms with E-state index in [0.717, 1.165) is 16.8 Å². The molecule has 0 aliphatic carbocycles. The summed E-state index contributed by atoms with van der Waals surface area (Å²) in [5, 5.41) is 9.40. The summed E-state index contributed by atoms with van der Waals surface area (Å²) in [5.41, 5.74) is 2.66. The number of hydrogen-bond acceptors (Lipinski definition) is 4. The van der Waals surface area contributed by atoms with E-state index in [2.05, 4.69) is 9.97 Å². The van der Waals surface area contributed by atoms with Crippen molar-refractivity contribution >= 4 is 5.97 Å². The van der Waals surface area contributed by atoms with E-state index >= 15 is 0 Å². The van der Waals surface area contributed by atoms with Crippen molar-refractivity contribution in [2.45, 2.75) is 26.7 Å². The second kappa shape index (κ2) is 7.35. The Labute approximate surface area is 152 Å². The average Bonchev–Trinajstić information content (AvgIpc) is 2.62. The van der Waals surface area contributed by atoms with Crippen molar-refractivity contribution < 1.29 is 14.6 Å². The summed E-state index contributed by atoms with van der Waals surface area (Å²) in [6.45, 7) is 5.98. The van der Waals surface area contributed by atoms with Gasteiger partial charge in [-0.25, -0.2) is 9.78 Å². The maximum atomic E-state index is 11.5. The van der Waals surface area contributed by atoms with Gasteiger partial charge >= 0.3 is 5.97 Å². The molecular weight excluding hydrogens is 328 g/mol. The lowest BCUT2D eigenvalue weighted by Gasteiger charge is -2.17. The summed E-state index contributed by atoms with van der Waals surface area (Å²) < 4.78 is 5.97. The number of aromatic nitrogens is 2. The molecule has 3 rings (SSSR count). The van der Waals surface area contributed by atoms with Crippen LogP contribution in [0.25, 0.3) is 11.4 Å². The van der Waals surface area contributed by atoms with Crippen molar-refractivity contribution in [1.29, 1.82) is 0 Å². The molecule has 1 N–H and O–H groups in total. The number of nitrogens with zero attached hydrogens (tertiary/aromatic N) is 2. The highest BCUT2D eigenvalue weighted by Crippen LogP contribution is 2.34. The number of carbonyl (C=O) groups is 1. The minimum absolute atomic E-state index is 0.0970. The Balaban J connectivity index is 2.13. The fourth-order valence-corrected chi connectivity index (χ4v) is 2.85. The van der Waals surface area contributed by atoms with Gasteiger partial charge in [0.15, 0.2) is 5.82 Å². The molecule has 5 heteroatoms. The third kappa shape index (κ3) is 3.57. The molecule has 0 saturated carbocycles. The summed E-state index contributed by atoms with van der Waals surface area (Å²) in [6, 6.07) is 16.2. The smallest absolute Gasteiger partial charge is 0.339 e. The molecule has 26 heavy (non-hydrogen) atoms. The summed E-state index contributed by atoms with van der Waals surface area (Å²) in [5.74, 6) is 0.293. The number of hydrogen-bond donors (Lipinski definition) is 1. The van der Waals surface area contributed by atoms with Gasteiger partial charge in [0, 0.05) is 16.8 Å². The number of benzene rings is 2. The van der Waals surface area contributed by atoms with E-state index in [1.165, 1.54) is 6.07 Å². The first-order chi connectivity index (χ1) is 12.5. The highest BCUT2D eigenvalue weighted by Gasteiger charge is 2.19. The van der Waals surface area contributed by atoms with Crippen LogP contribution in [0, 0.1) is 6.92 Å². The standard InChI is InChI=1S/C21H20N2O3/c1-13(2)18-14(3)22-19(15-9-5-4-6-10-15)23-20(18)26-17-12-8-7-11-16(17)21(24)25/h4-13H,1-3H3,(H,24,25). The lowest BCUT2D eigenvalue weighted by Crippen LogP contribution is -2.06. The van der Waals surface area contributed by atoms with E-state index in [0.29, 0.717) is 11.7 Å². The summed E-state index contributed by atoms with van der Waals surface area (Å²) in [6.07, 6.45) is 0. The van der Waals surface area contributed by atoms with Gasteiger partial charge in [-0.2, -0.15) is 4.98 Å². The summed E-state index contributed by atoms with van der Waals surface area (Å²) in [4.78, 5) is 20.7. The predicted molar refractivity (Wildman–Crippen MR) is 99.8 cm³/mol. The van der Waals surface area contributed by atoms with Crippen molar-refractivity contribution in [1.82, 2.24) is 9.97 Å². The number of ether oxygens (including phenoxy) is 1. The Morgan fingerprint density at radius 1 is 1.00 bits per heavy atom. The number of aromatic carboxylic acids is 1. The molecule has 0 aliphatic rings. The minimum Gasteiger partial charge on any atom is -0.478 e. The molecule has 0 unspecified atom stereocenters. The second-order valence-electron chi connectivity index (χ2n) is 6.28. The van der Waals surface area contributed by atoms with Gasteiger partial charge in [0.1, 0.15) is 11.3 Å². The molecule has 0 bridgehead atoms. The number of rotatable bonds is 5. The third-order valence-electron chi connectivity index (χ3n) is 4.03. The van der Waals surface area contributed by atoms with E-state index < -0.39 is 5.97 Å². The zero-order valence-electron chi connectivity index (χ0n) is 14.9. The van der Waals surface area contributed by atoms with Gasteiger partial charge in [-0.3, -0.25) is 0 Å². The first-order valence-electron chi connectivity index (χ1n) is 8.41. The molecule has 1 heterocycles. The first-order valence-corrected chi connectivity index (χ1v) is 8.41. The third-order valence-corrected chi connectivity index (χ3v) is 4.03. The van der Waals surface area contributed by atoms with Crippen LogP contribution in [0.3, 0.4) is 0 Å². The van der Waals surface area contributed by atoms with Crippen molar-refractivity contribution in [3.63, 3.8) is 0 Å². The highest BCUT2D eigenvalue weighted by atomic mass is 16.5. The quantitative estimate of drug-likeness (QED) is 0.697. The van der Waals surface area contributed by atoms with E-state index in [4.69, 9.17) is 4.74 Å². The monoisotopic (exact) mass is 348 g/mol. The van der Waals surface area contributed by atoms with Crippen molar-refractivity contribution in [2.24, 2.45) is 0 Å². The molecule has 2 aromatic carbocycles. The van der Waals surface area contributed by atoms with Gasteiger partial charge in [-0.1, -0.05) is 56.3 Å². The van der Waals surface area contributed by atoms with Gasteiger partial charge in [0.25, 0.3) is 0 Å². The maximum absolute atomic E-state index is 11.5. The van der Waals surface area contributed by atoms with Gasteiger partial charge in [-0.15, -0.1) is 0 Å². The fraction of sp³-hybridized carbons (Fsp3) is 0.190. The van der Waals surface area contributed by atoms with Crippen LogP contribution >= 0.6 is 0 Å². The Kier molecular flexibility index (Phi) is 4.98. The molecule has 132 valence electrons. The molecule has 0 atom stereocenters. The molecule has 3 aromatic rings. The SMILES string of the molecule is Cc1nc(-c2ccccc2)nc(Oc2ccccc2C(=O)O)c1C(C)C. The van der Waals surface area contributed by atoms with Gasteiger partial charge in [0.05, 0.1) is 0 Å². The van der Waals surface area contributed by atoms with Gasteiger partial charge in [-0.05, 0) is 25.0 Å². The molecular formula is C21H20N2O3. The van der Waals surface area contributed by atoms with E-state index in [1.54, 1.807) is 18.2 Å². The van der Waals surface area contributed by atoms with Crippen LogP contribution in [0.4, 0.5) is 0 Å². The second-order valence-corrected chi connectivity index (χ2v) is 6.28. The topological polar surface area (TPSA) is 72.3 Å². The van der Waals surface area contributed by atoms with Gasteiger partial charge < -0.3 is 9.84 Å². The Bertz CT molecular complexity index is 937. The summed E-state index contributed by atoms with van der Waals surface area (Å²) >= 11 is 0. The van der Waals surface area contributed by atoms with Gasteiger partial charge in [0.2, 0.25) is 5.88 Å². The Morgan fingerprint density at radius 3 is 2.31 bits per heavy atom. The fourth-order valence-electron chi connectivity index (χ4n) is 2.85. The van der Waals surface area contributed by atoms with Crippen molar-refractivity contribution in [3.05, 3.63) is 71.4 Å². The molecule has 0 radical (unpaired) electrons. The molecule has 0 aliphatic heterocycles. The molecule has 0 spiro atoms. The largest absolute Gasteiger partial charge is 0.478 e. The molecule has 1 aromatic heterocycles. The number of carboxylic acids is 1. The summed E-state index contributed by atoms with van der Waals surface area (Å²) in [7, 11) is 0. The van der Waals surface area contributed by atoms with Crippen LogP contribution in [0.2, 0.25) is 0 Å². The average molecular weight is 348 g/mol. The zero-order valence-corrected chi connectivity index (χ0v) is 14.9. The lowest BCUT2D eigenvalue weighted by molar-refractivity contribution is 0.0694. The molecule has 0 amide bonds. The van der Waals surface area contributed by atoms with Crippen molar-refractivity contribution in [2.75, 3.05) is 0 Å². The molecule has 0 fully saturated rings. The highest BCUT2D eigenvalue weighted by molar-refractivity contribution is 5.90.